The number of aryl methyl sites for hydroxylation is 1. The molecule has 6 heteroatoms. The summed E-state index contributed by atoms with van der Waals surface area (Å²) in [6.07, 6.45) is 6.26. The third-order valence-corrected chi connectivity index (χ3v) is 5.04. The Morgan fingerprint density at radius 3 is 2.96 bits per heavy atom. The smallest absolute Gasteiger partial charge is 0.257 e. The molecule has 2 aromatic rings. The number of likely N-dealkylation sites (tertiary alicyclic amines) is 2. The number of amides is 2. The molecule has 0 radical (unpaired) electrons. The molecule has 0 unspecified atom stereocenters. The lowest BCUT2D eigenvalue weighted by atomic mass is 10.1. The van der Waals surface area contributed by atoms with Gasteiger partial charge >= 0.3 is 0 Å². The number of aromatic nitrogens is 1. The molecule has 2 saturated heterocycles. The zero-order valence-electron chi connectivity index (χ0n) is 13.5. The van der Waals surface area contributed by atoms with Crippen molar-refractivity contribution in [1.29, 1.82) is 0 Å². The van der Waals surface area contributed by atoms with Crippen LogP contribution in [0.15, 0.2) is 41.3 Å². The van der Waals surface area contributed by atoms with Crippen LogP contribution in [0.25, 0.3) is 0 Å². The maximum atomic E-state index is 12.8. The van der Waals surface area contributed by atoms with Gasteiger partial charge in [-0.1, -0.05) is 6.07 Å². The lowest BCUT2D eigenvalue weighted by Crippen LogP contribution is -2.39. The fraction of sp³-hybridized carbons (Fsp3) is 0.389. The lowest BCUT2D eigenvalue weighted by Gasteiger charge is -2.25. The summed E-state index contributed by atoms with van der Waals surface area (Å²) >= 11 is 0. The SMILES string of the molecule is Cc1occc1C(=O)N1CC[C@@H]2[C@@H]1CC(=O)N2Cc1cccnc1. The number of hydrogen-bond donors (Lipinski definition) is 0. The van der Waals surface area contributed by atoms with Crippen LogP contribution in [0.4, 0.5) is 0 Å². The summed E-state index contributed by atoms with van der Waals surface area (Å²) in [6.45, 7) is 3.02. The van der Waals surface area contributed by atoms with E-state index in [1.54, 1.807) is 25.4 Å². The summed E-state index contributed by atoms with van der Waals surface area (Å²) in [5, 5.41) is 0. The zero-order chi connectivity index (χ0) is 16.7. The molecule has 2 aliphatic heterocycles. The van der Waals surface area contributed by atoms with Gasteiger partial charge < -0.3 is 14.2 Å². The van der Waals surface area contributed by atoms with Crippen LogP contribution in [0.5, 0.6) is 0 Å². The average Bonchev–Trinajstić information content (AvgIpc) is 3.26. The summed E-state index contributed by atoms with van der Waals surface area (Å²) < 4.78 is 5.25. The summed E-state index contributed by atoms with van der Waals surface area (Å²) in [7, 11) is 0. The highest BCUT2D eigenvalue weighted by Crippen LogP contribution is 2.34. The van der Waals surface area contributed by atoms with Gasteiger partial charge in [0.05, 0.1) is 23.9 Å². The summed E-state index contributed by atoms with van der Waals surface area (Å²) in [6, 6.07) is 5.60. The third-order valence-electron chi connectivity index (χ3n) is 5.04. The largest absolute Gasteiger partial charge is 0.469 e. The van der Waals surface area contributed by atoms with Crippen molar-refractivity contribution >= 4 is 11.8 Å². The van der Waals surface area contributed by atoms with Gasteiger partial charge in [-0.2, -0.15) is 0 Å². The molecule has 2 atom stereocenters. The molecule has 24 heavy (non-hydrogen) atoms. The number of hydrogen-bond acceptors (Lipinski definition) is 4. The summed E-state index contributed by atoms with van der Waals surface area (Å²) in [5.74, 6) is 0.694. The van der Waals surface area contributed by atoms with Crippen molar-refractivity contribution in [3.05, 3.63) is 53.7 Å². The molecule has 0 saturated carbocycles. The summed E-state index contributed by atoms with van der Waals surface area (Å²) in [5.41, 5.74) is 1.61. The highest BCUT2D eigenvalue weighted by molar-refractivity contribution is 5.96. The van der Waals surface area contributed by atoms with Crippen LogP contribution in [-0.2, 0) is 11.3 Å². The van der Waals surface area contributed by atoms with Crippen molar-refractivity contribution in [3.8, 4) is 0 Å². The first-order chi connectivity index (χ1) is 11.6. The van der Waals surface area contributed by atoms with Crippen LogP contribution in [0.3, 0.4) is 0 Å². The molecule has 124 valence electrons. The molecule has 0 aromatic carbocycles. The van der Waals surface area contributed by atoms with E-state index < -0.39 is 0 Å². The van der Waals surface area contributed by atoms with Crippen molar-refractivity contribution < 1.29 is 14.0 Å². The van der Waals surface area contributed by atoms with E-state index in [1.165, 1.54) is 6.26 Å². The Labute approximate surface area is 140 Å². The Bertz CT molecular complexity index is 771. The van der Waals surface area contributed by atoms with E-state index in [4.69, 9.17) is 4.42 Å². The minimum absolute atomic E-state index is 0.0372. The summed E-state index contributed by atoms with van der Waals surface area (Å²) in [4.78, 5) is 33.1. The Morgan fingerprint density at radius 2 is 2.25 bits per heavy atom. The van der Waals surface area contributed by atoms with E-state index in [0.717, 1.165) is 12.0 Å². The second-order valence-corrected chi connectivity index (χ2v) is 6.40. The van der Waals surface area contributed by atoms with Gasteiger partial charge in [0.25, 0.3) is 5.91 Å². The first-order valence-electron chi connectivity index (χ1n) is 8.18. The minimum atomic E-state index is -0.0454. The lowest BCUT2D eigenvalue weighted by molar-refractivity contribution is -0.129. The predicted molar refractivity (Wildman–Crippen MR) is 86.1 cm³/mol. The van der Waals surface area contributed by atoms with Crippen LogP contribution in [0, 0.1) is 6.92 Å². The van der Waals surface area contributed by atoms with Crippen LogP contribution >= 0.6 is 0 Å². The molecule has 6 nitrogen and oxygen atoms in total. The Balaban J connectivity index is 1.53. The van der Waals surface area contributed by atoms with Gasteiger partial charge in [0.1, 0.15) is 5.76 Å². The fourth-order valence-corrected chi connectivity index (χ4v) is 3.84. The van der Waals surface area contributed by atoms with Gasteiger partial charge in [-0.3, -0.25) is 14.6 Å². The van der Waals surface area contributed by atoms with E-state index in [-0.39, 0.29) is 23.9 Å². The van der Waals surface area contributed by atoms with Crippen molar-refractivity contribution in [3.63, 3.8) is 0 Å². The molecule has 0 N–H and O–H groups in total. The number of carbonyl (C=O) groups is 2. The van der Waals surface area contributed by atoms with Crippen LogP contribution in [0.1, 0.15) is 34.5 Å². The maximum Gasteiger partial charge on any atom is 0.257 e. The molecule has 2 amide bonds. The van der Waals surface area contributed by atoms with Gasteiger partial charge in [-0.25, -0.2) is 0 Å². The number of fused-ring (bicyclic) bond motifs is 1. The second-order valence-electron chi connectivity index (χ2n) is 6.40. The molecular weight excluding hydrogens is 306 g/mol. The van der Waals surface area contributed by atoms with Crippen LogP contribution in [-0.4, -0.2) is 45.2 Å². The highest BCUT2D eigenvalue weighted by atomic mass is 16.3. The van der Waals surface area contributed by atoms with E-state index in [1.807, 2.05) is 21.9 Å². The third kappa shape index (κ3) is 2.38. The number of furan rings is 1. The van der Waals surface area contributed by atoms with Gasteiger partial charge in [-0.05, 0) is 31.0 Å². The molecule has 2 aromatic heterocycles. The Hall–Kier alpha value is -2.63. The fourth-order valence-electron chi connectivity index (χ4n) is 3.84. The highest BCUT2D eigenvalue weighted by Gasteiger charge is 2.48. The van der Waals surface area contributed by atoms with Crippen LogP contribution in [0.2, 0.25) is 0 Å². The van der Waals surface area contributed by atoms with Gasteiger partial charge in [0, 0.05) is 31.9 Å². The van der Waals surface area contributed by atoms with E-state index in [0.29, 0.717) is 30.8 Å². The van der Waals surface area contributed by atoms with E-state index in [2.05, 4.69) is 4.98 Å². The molecule has 2 aliphatic rings. The topological polar surface area (TPSA) is 66.7 Å². The zero-order valence-corrected chi connectivity index (χ0v) is 13.5. The minimum Gasteiger partial charge on any atom is -0.469 e. The molecule has 2 fully saturated rings. The second kappa shape index (κ2) is 5.78. The molecule has 4 heterocycles. The molecule has 0 aliphatic carbocycles. The maximum absolute atomic E-state index is 12.8. The Kier molecular flexibility index (Phi) is 3.59. The van der Waals surface area contributed by atoms with Crippen molar-refractivity contribution in [2.45, 2.75) is 38.4 Å². The van der Waals surface area contributed by atoms with Crippen LogP contribution < -0.4 is 0 Å². The average molecular weight is 325 g/mol. The van der Waals surface area contributed by atoms with Crippen molar-refractivity contribution in [1.82, 2.24) is 14.8 Å². The molecule has 0 bridgehead atoms. The normalized spacial score (nSPS) is 23.0. The Morgan fingerprint density at radius 1 is 1.38 bits per heavy atom. The monoisotopic (exact) mass is 325 g/mol. The first kappa shape index (κ1) is 14.9. The number of carbonyl (C=O) groups excluding carboxylic acids is 2. The number of rotatable bonds is 3. The molecule has 0 spiro atoms. The molecular formula is C18H19N3O3. The first-order valence-corrected chi connectivity index (χ1v) is 8.18. The van der Waals surface area contributed by atoms with E-state index in [9.17, 15) is 9.59 Å². The van der Waals surface area contributed by atoms with E-state index >= 15 is 0 Å². The molecule has 4 rings (SSSR count). The van der Waals surface area contributed by atoms with Crippen molar-refractivity contribution in [2.24, 2.45) is 0 Å². The van der Waals surface area contributed by atoms with Gasteiger partial charge in [-0.15, -0.1) is 0 Å². The van der Waals surface area contributed by atoms with Gasteiger partial charge in [0.2, 0.25) is 5.91 Å². The standard InChI is InChI=1S/C18H19N3O3/c1-12-14(5-8-24-12)18(23)20-7-4-15-16(20)9-17(22)21(15)11-13-3-2-6-19-10-13/h2-3,5-6,8,10,15-16H,4,7,9,11H2,1H3/t15-,16+/m1/s1. The van der Waals surface area contributed by atoms with Crippen molar-refractivity contribution in [2.75, 3.05) is 6.54 Å². The quantitative estimate of drug-likeness (QED) is 0.866. The van der Waals surface area contributed by atoms with Gasteiger partial charge in [0.15, 0.2) is 0 Å². The number of pyridine rings is 1. The number of nitrogens with zero attached hydrogens (tertiary/aromatic N) is 3. The predicted octanol–water partition coefficient (Wildman–Crippen LogP) is 2.00.